The molecule has 3 N–H and O–H groups in total. The van der Waals surface area contributed by atoms with Crippen molar-refractivity contribution in [3.63, 3.8) is 0 Å². The van der Waals surface area contributed by atoms with E-state index in [1.165, 1.54) is 18.2 Å². The number of fused-ring (bicyclic) bond motifs is 1. The third kappa shape index (κ3) is 10.1. The largest absolute Gasteiger partial charge is 0.493 e. The summed E-state index contributed by atoms with van der Waals surface area (Å²) < 4.78 is 22.0. The maximum absolute atomic E-state index is 13.2. The predicted octanol–water partition coefficient (Wildman–Crippen LogP) is 3.14. The van der Waals surface area contributed by atoms with Gasteiger partial charge in [-0.05, 0) is 92.5 Å². The highest BCUT2D eigenvalue weighted by Crippen LogP contribution is 2.33. The van der Waals surface area contributed by atoms with Gasteiger partial charge < -0.3 is 29.6 Å². The normalized spacial score (nSPS) is 15.1. The number of aryl methyl sites for hydroxylation is 2. The zero-order chi connectivity index (χ0) is 37.7. The van der Waals surface area contributed by atoms with E-state index < -0.39 is 35.6 Å². The highest BCUT2D eigenvalue weighted by molar-refractivity contribution is 6.24. The average Bonchev–Trinajstić information content (AvgIpc) is 3.41. The molecule has 0 spiro atoms. The Bertz CT molecular complexity index is 1840. The molecule has 5 rings (SSSR count). The Morgan fingerprint density at radius 2 is 1.42 bits per heavy atom. The minimum Gasteiger partial charge on any atom is -0.493 e. The first-order valence-electron chi connectivity index (χ1n) is 17.6. The van der Waals surface area contributed by atoms with Gasteiger partial charge in [-0.25, -0.2) is 0 Å². The van der Waals surface area contributed by atoms with Crippen molar-refractivity contribution in [2.75, 3.05) is 40.5 Å². The zero-order valence-electron chi connectivity index (χ0n) is 29.9. The van der Waals surface area contributed by atoms with Crippen LogP contribution >= 0.6 is 0 Å². The third-order valence-corrected chi connectivity index (χ3v) is 8.93. The number of ether oxygens (including phenoxy) is 4. The lowest BCUT2D eigenvalue weighted by atomic mass is 10.0. The summed E-state index contributed by atoms with van der Waals surface area (Å²) in [7, 11) is 3.24. The minimum absolute atomic E-state index is 0.0124. The smallest absolute Gasteiger partial charge is 0.266 e. The van der Waals surface area contributed by atoms with Crippen LogP contribution in [0.15, 0.2) is 60.7 Å². The number of piperidine rings is 1. The van der Waals surface area contributed by atoms with Crippen LogP contribution in [-0.4, -0.2) is 86.9 Å². The van der Waals surface area contributed by atoms with Crippen LogP contribution in [-0.2, 0) is 32.0 Å². The molecular formula is C39H44N4O10. The molecule has 2 heterocycles. The van der Waals surface area contributed by atoms with E-state index in [1.54, 1.807) is 14.2 Å². The van der Waals surface area contributed by atoms with Crippen LogP contribution in [0.2, 0.25) is 0 Å². The molecule has 2 aliphatic rings. The maximum Gasteiger partial charge on any atom is 0.266 e. The molecule has 14 nitrogen and oxygen atoms in total. The van der Waals surface area contributed by atoms with E-state index in [0.29, 0.717) is 43.2 Å². The molecule has 6 amide bonds. The van der Waals surface area contributed by atoms with Gasteiger partial charge in [0.2, 0.25) is 11.8 Å². The van der Waals surface area contributed by atoms with Gasteiger partial charge in [-0.2, -0.15) is 0 Å². The molecule has 1 atom stereocenters. The number of amides is 6. The van der Waals surface area contributed by atoms with Gasteiger partial charge in [0.1, 0.15) is 17.5 Å². The van der Waals surface area contributed by atoms with E-state index >= 15 is 0 Å². The Labute approximate surface area is 307 Å². The quantitative estimate of drug-likeness (QED) is 0.123. The number of hydrogen-bond acceptors (Lipinski definition) is 10. The average molecular weight is 729 g/mol. The van der Waals surface area contributed by atoms with E-state index in [9.17, 15) is 28.8 Å². The van der Waals surface area contributed by atoms with E-state index in [0.717, 1.165) is 41.7 Å². The van der Waals surface area contributed by atoms with Crippen LogP contribution in [0.3, 0.4) is 0 Å². The molecule has 14 heteroatoms. The molecular weight excluding hydrogens is 684 g/mol. The summed E-state index contributed by atoms with van der Waals surface area (Å²) in [4.78, 5) is 75.6. The molecule has 1 saturated heterocycles. The van der Waals surface area contributed by atoms with Crippen molar-refractivity contribution in [2.24, 2.45) is 0 Å². The summed E-state index contributed by atoms with van der Waals surface area (Å²) in [6.07, 6.45) is 4.87. The number of nitrogens with one attached hydrogen (secondary N) is 3. The molecule has 3 aromatic carbocycles. The van der Waals surface area contributed by atoms with Crippen molar-refractivity contribution >= 4 is 35.4 Å². The van der Waals surface area contributed by atoms with Gasteiger partial charge in [0.05, 0.1) is 25.3 Å². The van der Waals surface area contributed by atoms with E-state index in [2.05, 4.69) is 16.0 Å². The number of imide groups is 2. The number of hydrogen-bond donors (Lipinski definition) is 3. The Kier molecular flexibility index (Phi) is 13.4. The molecule has 1 unspecified atom stereocenters. The molecule has 0 aromatic heterocycles. The first-order chi connectivity index (χ1) is 25.7. The summed E-state index contributed by atoms with van der Waals surface area (Å²) >= 11 is 0. The van der Waals surface area contributed by atoms with Gasteiger partial charge >= 0.3 is 0 Å². The predicted molar refractivity (Wildman–Crippen MR) is 192 cm³/mol. The van der Waals surface area contributed by atoms with Crippen molar-refractivity contribution < 1.29 is 47.7 Å². The van der Waals surface area contributed by atoms with E-state index in [1.807, 2.05) is 42.5 Å². The summed E-state index contributed by atoms with van der Waals surface area (Å²) in [5.74, 6) is -1.05. The Hall–Kier alpha value is -5.92. The van der Waals surface area contributed by atoms with Gasteiger partial charge in [0.15, 0.2) is 24.7 Å². The molecule has 0 aliphatic carbocycles. The second-order valence-corrected chi connectivity index (χ2v) is 12.7. The van der Waals surface area contributed by atoms with Crippen molar-refractivity contribution in [2.45, 2.75) is 57.4 Å². The van der Waals surface area contributed by atoms with Crippen LogP contribution in [0.1, 0.15) is 70.4 Å². The summed E-state index contributed by atoms with van der Waals surface area (Å²) in [6, 6.07) is 17.0. The fourth-order valence-corrected chi connectivity index (χ4v) is 6.20. The van der Waals surface area contributed by atoms with Gasteiger partial charge in [-0.15, -0.1) is 0 Å². The van der Waals surface area contributed by atoms with Crippen molar-refractivity contribution in [3.8, 4) is 23.0 Å². The van der Waals surface area contributed by atoms with E-state index in [-0.39, 0.29) is 48.8 Å². The van der Waals surface area contributed by atoms with Gasteiger partial charge in [-0.3, -0.25) is 39.0 Å². The van der Waals surface area contributed by atoms with Crippen molar-refractivity contribution in [1.29, 1.82) is 0 Å². The second kappa shape index (κ2) is 18.5. The molecule has 0 radical (unpaired) electrons. The lowest BCUT2D eigenvalue weighted by Gasteiger charge is -2.27. The Balaban J connectivity index is 0.934. The number of unbranched alkanes of at least 4 members (excludes halogenated alkanes) is 2. The summed E-state index contributed by atoms with van der Waals surface area (Å²) in [6.45, 7) is 0.383. The van der Waals surface area contributed by atoms with Gasteiger partial charge in [0, 0.05) is 19.5 Å². The molecule has 0 bridgehead atoms. The number of rotatable bonds is 19. The standard InChI is InChI=1S/C39H44N4O10/c1-50-30-17-15-26(22-32(30)51-2)10-6-9-25-11-7-12-27(21-25)52-23-34(45)40-19-4-3-5-20-41-35(46)24-53-31-14-8-13-28-36(31)39(49)43(38(28)48)29-16-18-33(44)42-37(29)47/h7-8,11-15,17,21-22,29H,3-6,9-10,16,18-20,23-24H2,1-2H3,(H,40,45)(H,41,46)(H,42,44,47). The number of carbonyl (C=O) groups is 6. The SMILES string of the molecule is COc1ccc(CCCc2cccc(OCC(=O)NCCCCCNC(=O)COc3cccc4c3C(=O)N(C3CCC(=O)NC3=O)C4=O)c2)cc1OC. The maximum atomic E-state index is 13.2. The van der Waals surface area contributed by atoms with E-state index in [4.69, 9.17) is 18.9 Å². The van der Waals surface area contributed by atoms with Crippen LogP contribution in [0.25, 0.3) is 0 Å². The van der Waals surface area contributed by atoms with Crippen LogP contribution in [0.4, 0.5) is 0 Å². The molecule has 2 aliphatic heterocycles. The van der Waals surface area contributed by atoms with Crippen molar-refractivity contribution in [1.82, 2.24) is 20.9 Å². The molecule has 53 heavy (non-hydrogen) atoms. The Morgan fingerprint density at radius 1 is 0.736 bits per heavy atom. The fraction of sp³-hybridized carbons (Fsp3) is 0.385. The molecule has 280 valence electrons. The first kappa shape index (κ1) is 38.3. The minimum atomic E-state index is -1.10. The number of carbonyl (C=O) groups excluding carboxylic acids is 6. The topological polar surface area (TPSA) is 179 Å². The number of benzene rings is 3. The lowest BCUT2D eigenvalue weighted by Crippen LogP contribution is -2.54. The van der Waals surface area contributed by atoms with Crippen LogP contribution < -0.4 is 34.9 Å². The highest BCUT2D eigenvalue weighted by Gasteiger charge is 2.46. The summed E-state index contributed by atoms with van der Waals surface area (Å²) in [5.41, 5.74) is 2.34. The molecule has 1 fully saturated rings. The van der Waals surface area contributed by atoms with Crippen LogP contribution in [0.5, 0.6) is 23.0 Å². The van der Waals surface area contributed by atoms with Crippen molar-refractivity contribution in [3.05, 3.63) is 82.9 Å². The second-order valence-electron chi connectivity index (χ2n) is 12.7. The zero-order valence-corrected chi connectivity index (χ0v) is 29.9. The fourth-order valence-electron chi connectivity index (χ4n) is 6.20. The third-order valence-electron chi connectivity index (χ3n) is 8.93. The number of methoxy groups -OCH3 is 2. The molecule has 3 aromatic rings. The highest BCUT2D eigenvalue weighted by atomic mass is 16.5. The Morgan fingerprint density at radius 3 is 2.11 bits per heavy atom. The summed E-state index contributed by atoms with van der Waals surface area (Å²) in [5, 5.41) is 7.76. The molecule has 0 saturated carbocycles. The lowest BCUT2D eigenvalue weighted by molar-refractivity contribution is -0.136. The van der Waals surface area contributed by atoms with Crippen LogP contribution in [0, 0.1) is 0 Å². The number of nitrogens with zero attached hydrogens (tertiary/aromatic N) is 1. The van der Waals surface area contributed by atoms with Gasteiger partial charge in [0.25, 0.3) is 23.6 Å². The van der Waals surface area contributed by atoms with Gasteiger partial charge in [-0.1, -0.05) is 24.3 Å². The first-order valence-corrected chi connectivity index (χ1v) is 17.6. The monoisotopic (exact) mass is 728 g/mol.